The van der Waals surface area contributed by atoms with Gasteiger partial charge >= 0.3 is 0 Å². The van der Waals surface area contributed by atoms with Crippen molar-refractivity contribution in [1.82, 2.24) is 0 Å². The van der Waals surface area contributed by atoms with E-state index in [-0.39, 0.29) is 17.3 Å². The van der Waals surface area contributed by atoms with Crippen LogP contribution in [0.3, 0.4) is 0 Å². The van der Waals surface area contributed by atoms with E-state index in [1.54, 1.807) is 41.3 Å². The highest BCUT2D eigenvalue weighted by atomic mass is 32.2. The van der Waals surface area contributed by atoms with Gasteiger partial charge in [0.2, 0.25) is 0 Å². The lowest BCUT2D eigenvalue weighted by molar-refractivity contribution is -0.125. The van der Waals surface area contributed by atoms with Gasteiger partial charge in [-0.25, -0.2) is 8.42 Å². The molecule has 0 N–H and O–H groups in total. The molecule has 3 aromatic carbocycles. The summed E-state index contributed by atoms with van der Waals surface area (Å²) in [5.41, 5.74) is 4.32. The molecule has 1 atom stereocenters. The lowest BCUT2D eigenvalue weighted by atomic mass is 10.1. The molecule has 0 saturated carbocycles. The number of carbonyl (C=O) groups excluding carboxylic acids is 1. The average molecular weight is 449 g/mol. The normalized spacial score (nSPS) is 17.5. The Hall–Kier alpha value is -3.32. The number of hydrogen-bond acceptors (Lipinski definition) is 4. The second-order valence-corrected chi connectivity index (χ2v) is 10.2. The van der Waals surface area contributed by atoms with Crippen LogP contribution < -0.4 is 13.9 Å². The third kappa shape index (κ3) is 3.42. The number of amides is 1. The van der Waals surface area contributed by atoms with Gasteiger partial charge in [0.15, 0.2) is 6.10 Å². The van der Waals surface area contributed by atoms with Gasteiger partial charge < -0.3 is 9.64 Å². The number of anilines is 2. The first-order valence-electron chi connectivity index (χ1n) is 10.6. The van der Waals surface area contributed by atoms with E-state index in [0.29, 0.717) is 18.0 Å². The van der Waals surface area contributed by atoms with Gasteiger partial charge in [0.05, 0.1) is 17.1 Å². The van der Waals surface area contributed by atoms with Gasteiger partial charge in [-0.05, 0) is 61.7 Å². The molecule has 2 aliphatic heterocycles. The summed E-state index contributed by atoms with van der Waals surface area (Å²) in [6, 6.07) is 19.9. The Morgan fingerprint density at radius 1 is 0.938 bits per heavy atom. The minimum absolute atomic E-state index is 0.0796. The molecule has 1 amide bonds. The highest BCUT2D eigenvalue weighted by Crippen LogP contribution is 2.39. The number of nitrogens with zero attached hydrogens (tertiary/aromatic N) is 2. The standard InChI is InChI=1S/C25H24N2O4S/c1-17-7-10-20(11-8-17)32(29,30)27-16-24(31-23-15-18(2)9-12-22(23)27)25(28)26-14-13-19-5-3-4-6-21(19)26/h3-12,15,24H,13-14,16H2,1-2H3/t24-/m1/s1. The summed E-state index contributed by atoms with van der Waals surface area (Å²) >= 11 is 0. The summed E-state index contributed by atoms with van der Waals surface area (Å²) in [6.07, 6.45) is -0.161. The molecule has 0 bridgehead atoms. The summed E-state index contributed by atoms with van der Waals surface area (Å²) in [7, 11) is -3.87. The Balaban J connectivity index is 1.54. The molecule has 2 heterocycles. The summed E-state index contributed by atoms with van der Waals surface area (Å²) in [6.45, 7) is 4.30. The van der Waals surface area contributed by atoms with E-state index in [9.17, 15) is 13.2 Å². The van der Waals surface area contributed by atoms with Crippen LogP contribution in [0.5, 0.6) is 5.75 Å². The van der Waals surface area contributed by atoms with Crippen molar-refractivity contribution in [2.45, 2.75) is 31.3 Å². The van der Waals surface area contributed by atoms with E-state index in [0.717, 1.165) is 28.8 Å². The molecule has 5 rings (SSSR count). The summed E-state index contributed by atoms with van der Waals surface area (Å²) in [5, 5.41) is 0. The summed E-state index contributed by atoms with van der Waals surface area (Å²) < 4.78 is 34.6. The molecule has 0 aliphatic carbocycles. The zero-order valence-electron chi connectivity index (χ0n) is 18.0. The fourth-order valence-electron chi connectivity index (χ4n) is 4.30. The van der Waals surface area contributed by atoms with Gasteiger partial charge in [0.1, 0.15) is 5.75 Å². The molecule has 0 saturated heterocycles. The van der Waals surface area contributed by atoms with Crippen LogP contribution in [-0.4, -0.2) is 33.5 Å². The molecule has 0 fully saturated rings. The first-order valence-corrected chi connectivity index (χ1v) is 12.0. The first-order chi connectivity index (χ1) is 15.3. The molecule has 32 heavy (non-hydrogen) atoms. The smallest absolute Gasteiger partial charge is 0.269 e. The molecule has 0 spiro atoms. The zero-order chi connectivity index (χ0) is 22.5. The summed E-state index contributed by atoms with van der Waals surface area (Å²) in [4.78, 5) is 15.4. The van der Waals surface area contributed by atoms with Crippen LogP contribution in [0.4, 0.5) is 11.4 Å². The molecule has 3 aromatic rings. The maximum atomic E-state index is 13.6. The number of hydrogen-bond donors (Lipinski definition) is 0. The van der Waals surface area contributed by atoms with Gasteiger partial charge in [-0.2, -0.15) is 0 Å². The first kappa shape index (κ1) is 20.6. The number of benzene rings is 3. The van der Waals surface area contributed by atoms with Crippen molar-refractivity contribution in [3.63, 3.8) is 0 Å². The van der Waals surface area contributed by atoms with Crippen molar-refractivity contribution in [3.05, 3.63) is 83.4 Å². The second-order valence-electron chi connectivity index (χ2n) is 8.30. The van der Waals surface area contributed by atoms with Crippen molar-refractivity contribution in [1.29, 1.82) is 0 Å². The molecular formula is C25H24N2O4S. The van der Waals surface area contributed by atoms with Crippen LogP contribution in [0.2, 0.25) is 0 Å². The minimum Gasteiger partial charge on any atom is -0.476 e. The molecule has 164 valence electrons. The quantitative estimate of drug-likeness (QED) is 0.611. The van der Waals surface area contributed by atoms with Gasteiger partial charge in [-0.1, -0.05) is 42.0 Å². The van der Waals surface area contributed by atoms with Crippen LogP contribution in [0.1, 0.15) is 16.7 Å². The number of para-hydroxylation sites is 1. The van der Waals surface area contributed by atoms with Crippen molar-refractivity contribution in [2.24, 2.45) is 0 Å². The number of ether oxygens (including phenoxy) is 1. The number of carbonyl (C=O) groups is 1. The predicted octanol–water partition coefficient (Wildman–Crippen LogP) is 3.85. The average Bonchev–Trinajstić information content (AvgIpc) is 3.22. The van der Waals surface area contributed by atoms with Crippen molar-refractivity contribution in [3.8, 4) is 5.75 Å². The Kier molecular flexibility index (Phi) is 4.93. The van der Waals surface area contributed by atoms with Crippen LogP contribution in [0.25, 0.3) is 0 Å². The van der Waals surface area contributed by atoms with Crippen LogP contribution in [-0.2, 0) is 21.2 Å². The molecule has 0 aromatic heterocycles. The number of fused-ring (bicyclic) bond motifs is 2. The Morgan fingerprint density at radius 2 is 1.66 bits per heavy atom. The molecule has 0 unspecified atom stereocenters. The number of sulfonamides is 1. The zero-order valence-corrected chi connectivity index (χ0v) is 18.8. The van der Waals surface area contributed by atoms with Gasteiger partial charge in [-0.3, -0.25) is 9.10 Å². The van der Waals surface area contributed by atoms with Crippen molar-refractivity contribution < 1.29 is 17.9 Å². The SMILES string of the molecule is Cc1ccc(S(=O)(=O)N2C[C@H](C(=O)N3CCc4ccccc43)Oc3cc(C)ccc32)cc1. The summed E-state index contributed by atoms with van der Waals surface area (Å²) in [5.74, 6) is 0.170. The van der Waals surface area contributed by atoms with Crippen molar-refractivity contribution in [2.75, 3.05) is 22.3 Å². The number of rotatable bonds is 3. The largest absolute Gasteiger partial charge is 0.476 e. The van der Waals surface area contributed by atoms with Crippen LogP contribution >= 0.6 is 0 Å². The molecule has 2 aliphatic rings. The van der Waals surface area contributed by atoms with E-state index in [4.69, 9.17) is 4.74 Å². The second kappa shape index (κ2) is 7.67. The highest BCUT2D eigenvalue weighted by Gasteiger charge is 2.40. The van der Waals surface area contributed by atoms with Crippen LogP contribution in [0, 0.1) is 13.8 Å². The Morgan fingerprint density at radius 3 is 2.44 bits per heavy atom. The number of aryl methyl sites for hydroxylation is 2. The van der Waals surface area contributed by atoms with Gasteiger partial charge in [-0.15, -0.1) is 0 Å². The fraction of sp³-hybridized carbons (Fsp3) is 0.240. The molecule has 6 nitrogen and oxygen atoms in total. The molecule has 0 radical (unpaired) electrons. The van der Waals surface area contributed by atoms with E-state index in [2.05, 4.69) is 0 Å². The Labute approximate surface area is 188 Å². The van der Waals surface area contributed by atoms with E-state index < -0.39 is 16.1 Å². The van der Waals surface area contributed by atoms with Crippen LogP contribution in [0.15, 0.2) is 71.6 Å². The predicted molar refractivity (Wildman–Crippen MR) is 124 cm³/mol. The Bertz CT molecular complexity index is 1300. The minimum atomic E-state index is -3.87. The van der Waals surface area contributed by atoms with E-state index >= 15 is 0 Å². The third-order valence-corrected chi connectivity index (χ3v) is 7.82. The lowest BCUT2D eigenvalue weighted by Crippen LogP contribution is -2.51. The highest BCUT2D eigenvalue weighted by molar-refractivity contribution is 7.92. The van der Waals surface area contributed by atoms with Crippen molar-refractivity contribution >= 4 is 27.3 Å². The van der Waals surface area contributed by atoms with E-state index in [1.807, 2.05) is 44.2 Å². The van der Waals surface area contributed by atoms with Gasteiger partial charge in [0, 0.05) is 12.2 Å². The molecular weight excluding hydrogens is 424 g/mol. The topological polar surface area (TPSA) is 66.9 Å². The monoisotopic (exact) mass is 448 g/mol. The lowest BCUT2D eigenvalue weighted by Gasteiger charge is -2.36. The van der Waals surface area contributed by atoms with E-state index in [1.165, 1.54) is 4.31 Å². The third-order valence-electron chi connectivity index (χ3n) is 6.02. The molecule has 7 heteroatoms. The van der Waals surface area contributed by atoms with Gasteiger partial charge in [0.25, 0.3) is 15.9 Å². The maximum Gasteiger partial charge on any atom is 0.269 e. The fourth-order valence-corrected chi connectivity index (χ4v) is 5.77. The maximum absolute atomic E-state index is 13.6.